The Morgan fingerprint density at radius 3 is 2.67 bits per heavy atom. The van der Waals surface area contributed by atoms with Crippen LogP contribution >= 0.6 is 0 Å². The van der Waals surface area contributed by atoms with Crippen LogP contribution in [0.3, 0.4) is 0 Å². The van der Waals surface area contributed by atoms with Gasteiger partial charge in [0.2, 0.25) is 0 Å². The second kappa shape index (κ2) is 2.78. The maximum atomic E-state index is 5.97. The first kappa shape index (κ1) is 9.26. The normalized spacial score (nSPS) is 22.3. The third kappa shape index (κ3) is 1.54. The molecule has 1 aromatic rings. The number of hydrogen-bond donors (Lipinski definition) is 0. The SMILES string of the molecule is Cc1cc2c(cc1C1CC1)OC(C)(C)C2. The van der Waals surface area contributed by atoms with Crippen LogP contribution in [0, 0.1) is 6.92 Å². The van der Waals surface area contributed by atoms with E-state index in [4.69, 9.17) is 4.74 Å². The molecular weight excluding hydrogens is 184 g/mol. The van der Waals surface area contributed by atoms with E-state index in [0.717, 1.165) is 18.1 Å². The molecule has 1 saturated carbocycles. The number of benzene rings is 1. The third-order valence-corrected chi connectivity index (χ3v) is 3.47. The van der Waals surface area contributed by atoms with Gasteiger partial charge in [0.05, 0.1) is 0 Å². The number of aryl methyl sites for hydroxylation is 1. The molecule has 3 rings (SSSR count). The Hall–Kier alpha value is -0.980. The summed E-state index contributed by atoms with van der Waals surface area (Å²) in [5, 5.41) is 0. The fourth-order valence-electron chi connectivity index (χ4n) is 2.62. The molecule has 0 atom stereocenters. The Morgan fingerprint density at radius 2 is 2.00 bits per heavy atom. The molecule has 0 aromatic heterocycles. The summed E-state index contributed by atoms with van der Waals surface area (Å²) < 4.78 is 5.97. The van der Waals surface area contributed by atoms with Crippen molar-refractivity contribution in [3.63, 3.8) is 0 Å². The van der Waals surface area contributed by atoms with E-state index >= 15 is 0 Å². The minimum absolute atomic E-state index is 0.00303. The fourth-order valence-corrected chi connectivity index (χ4v) is 2.62. The molecule has 0 unspecified atom stereocenters. The zero-order chi connectivity index (χ0) is 10.6. The number of ether oxygens (including phenoxy) is 1. The molecule has 0 N–H and O–H groups in total. The van der Waals surface area contributed by atoms with Gasteiger partial charge >= 0.3 is 0 Å². The van der Waals surface area contributed by atoms with Crippen molar-refractivity contribution in [1.82, 2.24) is 0 Å². The predicted octanol–water partition coefficient (Wildman–Crippen LogP) is 3.59. The van der Waals surface area contributed by atoms with Crippen molar-refractivity contribution in [2.75, 3.05) is 0 Å². The van der Waals surface area contributed by atoms with Crippen LogP contribution in [0.5, 0.6) is 5.75 Å². The second-order valence-electron chi connectivity index (χ2n) is 5.63. The summed E-state index contributed by atoms with van der Waals surface area (Å²) in [4.78, 5) is 0. The molecule has 0 radical (unpaired) electrons. The van der Waals surface area contributed by atoms with E-state index in [1.807, 2.05) is 0 Å². The maximum Gasteiger partial charge on any atom is 0.123 e. The summed E-state index contributed by atoms with van der Waals surface area (Å²) in [5.74, 6) is 1.95. The summed E-state index contributed by atoms with van der Waals surface area (Å²) in [6.45, 7) is 6.57. The van der Waals surface area contributed by atoms with E-state index in [0.29, 0.717) is 0 Å². The van der Waals surface area contributed by atoms with Crippen molar-refractivity contribution in [2.24, 2.45) is 0 Å². The molecule has 0 amide bonds. The topological polar surface area (TPSA) is 9.23 Å². The van der Waals surface area contributed by atoms with Crippen LogP contribution in [0.2, 0.25) is 0 Å². The maximum absolute atomic E-state index is 5.97. The number of hydrogen-bond acceptors (Lipinski definition) is 1. The van der Waals surface area contributed by atoms with Crippen molar-refractivity contribution in [1.29, 1.82) is 0 Å². The quantitative estimate of drug-likeness (QED) is 0.676. The molecule has 0 spiro atoms. The summed E-state index contributed by atoms with van der Waals surface area (Å²) >= 11 is 0. The molecule has 2 aliphatic rings. The van der Waals surface area contributed by atoms with Gasteiger partial charge in [0.25, 0.3) is 0 Å². The van der Waals surface area contributed by atoms with Gasteiger partial charge < -0.3 is 4.74 Å². The van der Waals surface area contributed by atoms with Crippen LogP contribution in [0.25, 0.3) is 0 Å². The summed E-state index contributed by atoms with van der Waals surface area (Å²) in [5.41, 5.74) is 4.36. The Balaban J connectivity index is 2.04. The minimum atomic E-state index is -0.00303. The van der Waals surface area contributed by atoms with Crippen LogP contribution in [0.15, 0.2) is 12.1 Å². The first-order valence-electron chi connectivity index (χ1n) is 5.88. The van der Waals surface area contributed by atoms with Crippen LogP contribution < -0.4 is 4.74 Å². The largest absolute Gasteiger partial charge is 0.487 e. The molecule has 1 heteroatoms. The Labute approximate surface area is 91.5 Å². The van der Waals surface area contributed by atoms with Crippen molar-refractivity contribution < 1.29 is 4.74 Å². The monoisotopic (exact) mass is 202 g/mol. The highest BCUT2D eigenvalue weighted by atomic mass is 16.5. The van der Waals surface area contributed by atoms with Gasteiger partial charge in [0, 0.05) is 6.42 Å². The Bertz CT molecular complexity index is 414. The lowest BCUT2D eigenvalue weighted by Crippen LogP contribution is -2.24. The van der Waals surface area contributed by atoms with Gasteiger partial charge in [0.15, 0.2) is 0 Å². The summed E-state index contributed by atoms with van der Waals surface area (Å²) in [7, 11) is 0. The highest BCUT2D eigenvalue weighted by molar-refractivity contribution is 5.48. The first-order chi connectivity index (χ1) is 7.05. The van der Waals surface area contributed by atoms with Crippen LogP contribution in [-0.2, 0) is 6.42 Å². The molecule has 0 saturated heterocycles. The highest BCUT2D eigenvalue weighted by Gasteiger charge is 2.33. The lowest BCUT2D eigenvalue weighted by molar-refractivity contribution is 0.138. The number of fused-ring (bicyclic) bond motifs is 1. The van der Waals surface area contributed by atoms with Gasteiger partial charge in [-0.15, -0.1) is 0 Å². The standard InChI is InChI=1S/C14H18O/c1-9-6-11-8-14(2,3)15-13(11)7-12(9)10-4-5-10/h6-7,10H,4-5,8H2,1-3H3. The van der Waals surface area contributed by atoms with Gasteiger partial charge in [-0.25, -0.2) is 0 Å². The molecule has 0 bridgehead atoms. The van der Waals surface area contributed by atoms with Crippen molar-refractivity contribution in [2.45, 2.75) is 51.6 Å². The zero-order valence-corrected chi connectivity index (χ0v) is 9.76. The average Bonchev–Trinajstić information content (AvgIpc) is 2.88. The van der Waals surface area contributed by atoms with Crippen molar-refractivity contribution in [3.05, 3.63) is 28.8 Å². The third-order valence-electron chi connectivity index (χ3n) is 3.47. The van der Waals surface area contributed by atoms with Crippen LogP contribution in [0.1, 0.15) is 49.3 Å². The molecule has 1 heterocycles. The molecule has 80 valence electrons. The van der Waals surface area contributed by atoms with Gasteiger partial charge in [-0.1, -0.05) is 6.07 Å². The van der Waals surface area contributed by atoms with E-state index in [1.54, 1.807) is 0 Å². The summed E-state index contributed by atoms with van der Waals surface area (Å²) in [6, 6.07) is 4.62. The zero-order valence-electron chi connectivity index (χ0n) is 9.76. The van der Waals surface area contributed by atoms with E-state index in [2.05, 4.69) is 32.9 Å². The summed E-state index contributed by atoms with van der Waals surface area (Å²) in [6.07, 6.45) is 3.78. The van der Waals surface area contributed by atoms with Crippen LogP contribution in [-0.4, -0.2) is 5.60 Å². The fraction of sp³-hybridized carbons (Fsp3) is 0.571. The highest BCUT2D eigenvalue weighted by Crippen LogP contribution is 2.45. The van der Waals surface area contributed by atoms with Gasteiger partial charge in [0.1, 0.15) is 11.4 Å². The molecule has 1 fully saturated rings. The molecule has 1 aliphatic heterocycles. The predicted molar refractivity (Wildman–Crippen MR) is 61.6 cm³/mol. The molecule has 1 aromatic carbocycles. The lowest BCUT2D eigenvalue weighted by Gasteiger charge is -2.17. The molecule has 1 nitrogen and oxygen atoms in total. The van der Waals surface area contributed by atoms with Crippen LogP contribution in [0.4, 0.5) is 0 Å². The molecule has 1 aliphatic carbocycles. The van der Waals surface area contributed by atoms with Crippen molar-refractivity contribution in [3.8, 4) is 5.75 Å². The van der Waals surface area contributed by atoms with E-state index < -0.39 is 0 Å². The first-order valence-corrected chi connectivity index (χ1v) is 5.88. The van der Waals surface area contributed by atoms with Gasteiger partial charge in [-0.2, -0.15) is 0 Å². The van der Waals surface area contributed by atoms with E-state index in [9.17, 15) is 0 Å². The molecular formula is C14H18O. The Kier molecular flexibility index (Phi) is 1.72. The minimum Gasteiger partial charge on any atom is -0.487 e. The average molecular weight is 202 g/mol. The van der Waals surface area contributed by atoms with E-state index in [1.165, 1.54) is 29.5 Å². The molecule has 15 heavy (non-hydrogen) atoms. The van der Waals surface area contributed by atoms with Gasteiger partial charge in [-0.3, -0.25) is 0 Å². The number of rotatable bonds is 1. The second-order valence-corrected chi connectivity index (χ2v) is 5.63. The smallest absolute Gasteiger partial charge is 0.123 e. The van der Waals surface area contributed by atoms with Crippen molar-refractivity contribution >= 4 is 0 Å². The lowest BCUT2D eigenvalue weighted by atomic mass is 9.96. The van der Waals surface area contributed by atoms with E-state index in [-0.39, 0.29) is 5.60 Å². The van der Waals surface area contributed by atoms with Gasteiger partial charge in [-0.05, 0) is 62.3 Å². The Morgan fingerprint density at radius 1 is 1.27 bits per heavy atom.